The predicted octanol–water partition coefficient (Wildman–Crippen LogP) is 4.59. The van der Waals surface area contributed by atoms with Crippen molar-refractivity contribution in [2.75, 3.05) is 0 Å². The third-order valence-electron chi connectivity index (χ3n) is 3.37. The molecule has 0 aliphatic rings. The zero-order valence-electron chi connectivity index (χ0n) is 12.8. The van der Waals surface area contributed by atoms with Gasteiger partial charge in [-0.2, -0.15) is 5.26 Å². The molecular formula is C18H14BrClN2O2. The lowest BCUT2D eigenvalue weighted by atomic mass is 10.1. The summed E-state index contributed by atoms with van der Waals surface area (Å²) in [6, 6.07) is 14.1. The molecule has 0 radical (unpaired) electrons. The average Bonchev–Trinajstić information content (AvgIpc) is 2.57. The molecule has 2 aromatic carbocycles. The Labute approximate surface area is 153 Å². The van der Waals surface area contributed by atoms with E-state index in [1.54, 1.807) is 6.07 Å². The average molecular weight is 406 g/mol. The number of nitrogens with zero attached hydrogens (tertiary/aromatic N) is 1. The van der Waals surface area contributed by atoms with Crippen LogP contribution < -0.4 is 5.32 Å². The maximum Gasteiger partial charge on any atom is 0.262 e. The first-order valence-corrected chi connectivity index (χ1v) is 8.25. The summed E-state index contributed by atoms with van der Waals surface area (Å²) >= 11 is 9.16. The molecule has 0 heterocycles. The zero-order valence-corrected chi connectivity index (χ0v) is 15.1. The molecular weight excluding hydrogens is 392 g/mol. The van der Waals surface area contributed by atoms with Crippen molar-refractivity contribution in [1.29, 1.82) is 5.26 Å². The number of nitrogens with one attached hydrogen (secondary N) is 1. The maximum atomic E-state index is 12.3. The van der Waals surface area contributed by atoms with Crippen molar-refractivity contribution >= 4 is 39.5 Å². The maximum absolute atomic E-state index is 12.3. The van der Waals surface area contributed by atoms with Gasteiger partial charge in [0.15, 0.2) is 0 Å². The molecule has 122 valence electrons. The Balaban J connectivity index is 2.25. The van der Waals surface area contributed by atoms with Gasteiger partial charge in [-0.05, 0) is 30.7 Å². The fourth-order valence-electron chi connectivity index (χ4n) is 2.10. The molecule has 1 amide bonds. The van der Waals surface area contributed by atoms with Crippen molar-refractivity contribution in [2.24, 2.45) is 0 Å². The molecule has 0 saturated heterocycles. The highest BCUT2D eigenvalue weighted by atomic mass is 79.9. The summed E-state index contributed by atoms with van der Waals surface area (Å²) < 4.78 is 0.631. The topological polar surface area (TPSA) is 73.1 Å². The van der Waals surface area contributed by atoms with Crippen molar-refractivity contribution in [3.05, 3.63) is 68.7 Å². The van der Waals surface area contributed by atoms with E-state index in [1.165, 1.54) is 12.1 Å². The molecule has 1 atom stereocenters. The van der Waals surface area contributed by atoms with Crippen LogP contribution in [0.2, 0.25) is 5.02 Å². The molecule has 0 aliphatic carbocycles. The third kappa shape index (κ3) is 4.38. The van der Waals surface area contributed by atoms with Crippen LogP contribution in [0.4, 0.5) is 0 Å². The first-order chi connectivity index (χ1) is 11.4. The van der Waals surface area contributed by atoms with Crippen molar-refractivity contribution in [3.63, 3.8) is 0 Å². The van der Waals surface area contributed by atoms with Crippen LogP contribution in [-0.2, 0) is 4.79 Å². The van der Waals surface area contributed by atoms with E-state index in [2.05, 4.69) is 21.2 Å². The summed E-state index contributed by atoms with van der Waals surface area (Å²) in [6.07, 6.45) is 1.30. The standard InChI is InChI=1S/C18H14BrClN2O2/c1-11(12-5-3-2-4-6-12)22-18(24)14(10-21)7-13-8-15(19)9-16(20)17(13)23/h2-9,11,23H,1H3,(H,22,24)/b14-7+/t11-/m1/s1. The number of aromatic hydroxyl groups is 1. The highest BCUT2D eigenvalue weighted by Crippen LogP contribution is 2.32. The molecule has 0 aliphatic heterocycles. The largest absolute Gasteiger partial charge is 0.506 e. The fraction of sp³-hybridized carbons (Fsp3) is 0.111. The first kappa shape index (κ1) is 18.1. The zero-order chi connectivity index (χ0) is 17.7. The highest BCUT2D eigenvalue weighted by molar-refractivity contribution is 9.10. The van der Waals surface area contributed by atoms with Crippen LogP contribution in [0.25, 0.3) is 6.08 Å². The van der Waals surface area contributed by atoms with Crippen LogP contribution in [-0.4, -0.2) is 11.0 Å². The Morgan fingerprint density at radius 2 is 2.04 bits per heavy atom. The summed E-state index contributed by atoms with van der Waals surface area (Å²) in [6.45, 7) is 1.83. The van der Waals surface area contributed by atoms with Crippen LogP contribution in [0.1, 0.15) is 24.1 Å². The minimum absolute atomic E-state index is 0.123. The number of nitriles is 1. The predicted molar refractivity (Wildman–Crippen MR) is 97.4 cm³/mol. The summed E-state index contributed by atoms with van der Waals surface area (Å²) in [5, 5.41) is 22.1. The van der Waals surface area contributed by atoms with E-state index in [9.17, 15) is 15.2 Å². The van der Waals surface area contributed by atoms with Crippen molar-refractivity contribution < 1.29 is 9.90 Å². The Morgan fingerprint density at radius 3 is 2.67 bits per heavy atom. The van der Waals surface area contributed by atoms with E-state index in [1.807, 2.05) is 43.3 Å². The Kier molecular flexibility index (Phi) is 6.02. The van der Waals surface area contributed by atoms with Crippen molar-refractivity contribution in [2.45, 2.75) is 13.0 Å². The van der Waals surface area contributed by atoms with Gasteiger partial charge in [0.25, 0.3) is 5.91 Å². The quantitative estimate of drug-likeness (QED) is 0.577. The summed E-state index contributed by atoms with van der Waals surface area (Å²) in [4.78, 5) is 12.3. The number of benzene rings is 2. The Hall–Kier alpha value is -2.29. The van der Waals surface area contributed by atoms with Gasteiger partial charge in [-0.3, -0.25) is 4.79 Å². The Bertz CT molecular complexity index is 829. The summed E-state index contributed by atoms with van der Waals surface area (Å²) in [5.41, 5.74) is 1.09. The lowest BCUT2D eigenvalue weighted by molar-refractivity contribution is -0.117. The number of rotatable bonds is 4. The minimum atomic E-state index is -0.524. The van der Waals surface area contributed by atoms with E-state index in [0.717, 1.165) is 5.56 Å². The lowest BCUT2D eigenvalue weighted by Gasteiger charge is -2.14. The molecule has 0 bridgehead atoms. The second-order valence-electron chi connectivity index (χ2n) is 5.10. The SMILES string of the molecule is C[C@@H](NC(=O)/C(C#N)=C/c1cc(Br)cc(Cl)c1O)c1ccccc1. The van der Waals surface area contributed by atoms with Crippen LogP contribution in [0, 0.1) is 11.3 Å². The first-order valence-electron chi connectivity index (χ1n) is 7.08. The van der Waals surface area contributed by atoms with Gasteiger partial charge in [0.05, 0.1) is 11.1 Å². The van der Waals surface area contributed by atoms with Gasteiger partial charge in [-0.25, -0.2) is 0 Å². The van der Waals surface area contributed by atoms with Crippen LogP contribution in [0.15, 0.2) is 52.5 Å². The second kappa shape index (κ2) is 8.00. The molecule has 24 heavy (non-hydrogen) atoms. The summed E-state index contributed by atoms with van der Waals surface area (Å²) in [7, 11) is 0. The van der Waals surface area contributed by atoms with Gasteiger partial charge < -0.3 is 10.4 Å². The van der Waals surface area contributed by atoms with E-state index >= 15 is 0 Å². The normalized spacial score (nSPS) is 12.3. The summed E-state index contributed by atoms with van der Waals surface area (Å²) in [5.74, 6) is -0.708. The van der Waals surface area contributed by atoms with E-state index in [0.29, 0.717) is 4.47 Å². The van der Waals surface area contributed by atoms with Gasteiger partial charge in [-0.1, -0.05) is 57.9 Å². The molecule has 0 unspecified atom stereocenters. The number of hydrogen-bond donors (Lipinski definition) is 2. The molecule has 2 N–H and O–H groups in total. The number of amides is 1. The molecule has 0 spiro atoms. The number of phenolic OH excluding ortho intramolecular Hbond substituents is 1. The van der Waals surface area contributed by atoms with Gasteiger partial charge in [-0.15, -0.1) is 0 Å². The van der Waals surface area contributed by atoms with Gasteiger partial charge in [0.2, 0.25) is 0 Å². The number of carbonyl (C=O) groups is 1. The minimum Gasteiger partial charge on any atom is -0.506 e. The van der Waals surface area contributed by atoms with Gasteiger partial charge in [0.1, 0.15) is 17.4 Å². The lowest BCUT2D eigenvalue weighted by Crippen LogP contribution is -2.27. The second-order valence-corrected chi connectivity index (χ2v) is 6.42. The van der Waals surface area contributed by atoms with Crippen LogP contribution >= 0.6 is 27.5 Å². The smallest absolute Gasteiger partial charge is 0.262 e. The van der Waals surface area contributed by atoms with Crippen LogP contribution in [0.3, 0.4) is 0 Å². The third-order valence-corrected chi connectivity index (χ3v) is 4.12. The molecule has 4 nitrogen and oxygen atoms in total. The fourth-order valence-corrected chi connectivity index (χ4v) is 2.93. The van der Waals surface area contributed by atoms with Crippen molar-refractivity contribution in [3.8, 4) is 11.8 Å². The highest BCUT2D eigenvalue weighted by Gasteiger charge is 2.15. The molecule has 0 saturated carbocycles. The molecule has 0 aromatic heterocycles. The van der Waals surface area contributed by atoms with Crippen molar-refractivity contribution in [1.82, 2.24) is 5.32 Å². The van der Waals surface area contributed by atoms with Crippen LogP contribution in [0.5, 0.6) is 5.75 Å². The monoisotopic (exact) mass is 404 g/mol. The molecule has 2 aromatic rings. The molecule has 2 rings (SSSR count). The number of halogens is 2. The number of carbonyl (C=O) groups excluding carboxylic acids is 1. The molecule has 0 fully saturated rings. The van der Waals surface area contributed by atoms with Gasteiger partial charge >= 0.3 is 0 Å². The van der Waals surface area contributed by atoms with E-state index in [-0.39, 0.29) is 28.0 Å². The van der Waals surface area contributed by atoms with E-state index < -0.39 is 5.91 Å². The number of phenols is 1. The Morgan fingerprint density at radius 1 is 1.38 bits per heavy atom. The van der Waals surface area contributed by atoms with Gasteiger partial charge in [0, 0.05) is 10.0 Å². The number of hydrogen-bond acceptors (Lipinski definition) is 3. The molecule has 6 heteroatoms. The van der Waals surface area contributed by atoms with E-state index in [4.69, 9.17) is 11.6 Å².